The zero-order valence-corrected chi connectivity index (χ0v) is 10.8. The van der Waals surface area contributed by atoms with Crippen LogP contribution in [0.4, 0.5) is 0 Å². The van der Waals surface area contributed by atoms with E-state index in [1.54, 1.807) is 0 Å². The van der Waals surface area contributed by atoms with E-state index in [0.29, 0.717) is 5.92 Å². The van der Waals surface area contributed by atoms with Crippen LogP contribution in [0.25, 0.3) is 0 Å². The van der Waals surface area contributed by atoms with Gasteiger partial charge < -0.3 is 0 Å². The summed E-state index contributed by atoms with van der Waals surface area (Å²) >= 11 is 0. The summed E-state index contributed by atoms with van der Waals surface area (Å²) in [4.78, 5) is 2.53. The van der Waals surface area contributed by atoms with Crippen molar-refractivity contribution in [3.05, 3.63) is 71.3 Å². The van der Waals surface area contributed by atoms with Crippen molar-refractivity contribution in [2.24, 2.45) is 0 Å². The van der Waals surface area contributed by atoms with Crippen LogP contribution in [-0.2, 0) is 6.54 Å². The Hall–Kier alpha value is -1.60. The van der Waals surface area contributed by atoms with Crippen LogP contribution < -0.4 is 0 Å². The zero-order valence-electron chi connectivity index (χ0n) is 10.8. The van der Waals surface area contributed by atoms with Gasteiger partial charge in [0, 0.05) is 19.0 Å². The molecule has 1 aliphatic heterocycles. The van der Waals surface area contributed by atoms with Gasteiger partial charge in [-0.1, -0.05) is 61.5 Å². The molecular formula is C17H19N. The molecule has 0 unspecified atom stereocenters. The molecule has 0 fully saturated rings. The smallest absolute Gasteiger partial charge is 0.0236 e. The van der Waals surface area contributed by atoms with Crippen molar-refractivity contribution in [3.63, 3.8) is 0 Å². The number of likely N-dealkylation sites (N-methyl/N-ethyl adjacent to an activating group) is 1. The Kier molecular flexibility index (Phi) is 3.16. The van der Waals surface area contributed by atoms with Gasteiger partial charge in [0.15, 0.2) is 0 Å². The van der Waals surface area contributed by atoms with Crippen molar-refractivity contribution < 1.29 is 0 Å². The Morgan fingerprint density at radius 2 is 1.72 bits per heavy atom. The number of fused-ring (bicyclic) bond motifs is 1. The molecule has 1 atom stereocenters. The van der Waals surface area contributed by atoms with E-state index in [0.717, 1.165) is 19.6 Å². The quantitative estimate of drug-likeness (QED) is 0.770. The highest BCUT2D eigenvalue weighted by molar-refractivity contribution is 5.40. The van der Waals surface area contributed by atoms with Gasteiger partial charge in [-0.2, -0.15) is 0 Å². The minimum Gasteiger partial charge on any atom is -0.298 e. The lowest BCUT2D eigenvalue weighted by atomic mass is 9.85. The van der Waals surface area contributed by atoms with E-state index in [1.165, 1.54) is 16.7 Å². The molecule has 0 saturated heterocycles. The Labute approximate surface area is 109 Å². The van der Waals surface area contributed by atoms with Crippen LogP contribution in [0, 0.1) is 0 Å². The second-order valence-electron chi connectivity index (χ2n) is 4.99. The van der Waals surface area contributed by atoms with Crippen LogP contribution in [-0.4, -0.2) is 18.0 Å². The minimum absolute atomic E-state index is 0.524. The predicted molar refractivity (Wildman–Crippen MR) is 75.7 cm³/mol. The summed E-state index contributed by atoms with van der Waals surface area (Å²) in [5.74, 6) is 0.524. The predicted octanol–water partition coefficient (Wildman–Crippen LogP) is 3.65. The fourth-order valence-corrected chi connectivity index (χ4v) is 2.89. The van der Waals surface area contributed by atoms with Gasteiger partial charge in [0.05, 0.1) is 0 Å². The first-order valence-corrected chi connectivity index (χ1v) is 6.73. The SMILES string of the molecule is CCN1Cc2ccccc2[C@@H](c2ccccc2)C1. The van der Waals surface area contributed by atoms with Gasteiger partial charge in [0.2, 0.25) is 0 Å². The molecule has 0 bridgehead atoms. The normalized spacial score (nSPS) is 19.5. The van der Waals surface area contributed by atoms with Crippen LogP contribution in [0.2, 0.25) is 0 Å². The lowest BCUT2D eigenvalue weighted by Gasteiger charge is -2.34. The molecule has 1 aliphatic rings. The third-order valence-corrected chi connectivity index (χ3v) is 3.91. The molecule has 2 aromatic carbocycles. The Morgan fingerprint density at radius 1 is 1.00 bits per heavy atom. The van der Waals surface area contributed by atoms with Gasteiger partial charge in [-0.15, -0.1) is 0 Å². The standard InChI is InChI=1S/C17H19N/c1-2-18-12-15-10-6-7-11-16(15)17(13-18)14-8-4-3-5-9-14/h3-11,17H,2,12-13H2,1H3/t17-/m1/s1. The van der Waals surface area contributed by atoms with Gasteiger partial charge in [-0.3, -0.25) is 4.90 Å². The summed E-state index contributed by atoms with van der Waals surface area (Å²) in [6, 6.07) is 19.8. The highest BCUT2D eigenvalue weighted by Gasteiger charge is 2.24. The zero-order chi connectivity index (χ0) is 12.4. The fraction of sp³-hybridized carbons (Fsp3) is 0.294. The van der Waals surface area contributed by atoms with Gasteiger partial charge in [0.25, 0.3) is 0 Å². The monoisotopic (exact) mass is 237 g/mol. The van der Waals surface area contributed by atoms with Crippen LogP contribution in [0.1, 0.15) is 29.5 Å². The first-order valence-electron chi connectivity index (χ1n) is 6.73. The molecule has 0 saturated carbocycles. The minimum atomic E-state index is 0.524. The molecule has 1 nitrogen and oxygen atoms in total. The maximum Gasteiger partial charge on any atom is 0.0236 e. The number of hydrogen-bond donors (Lipinski definition) is 0. The summed E-state index contributed by atoms with van der Waals surface area (Å²) in [5, 5.41) is 0. The van der Waals surface area contributed by atoms with E-state index in [9.17, 15) is 0 Å². The van der Waals surface area contributed by atoms with Gasteiger partial charge in [-0.05, 0) is 23.2 Å². The highest BCUT2D eigenvalue weighted by atomic mass is 15.1. The molecule has 0 N–H and O–H groups in total. The molecule has 1 heteroatoms. The molecule has 3 rings (SSSR count). The van der Waals surface area contributed by atoms with Crippen LogP contribution in [0.15, 0.2) is 54.6 Å². The van der Waals surface area contributed by atoms with Crippen molar-refractivity contribution in [3.8, 4) is 0 Å². The second-order valence-corrected chi connectivity index (χ2v) is 4.99. The lowest BCUT2D eigenvalue weighted by molar-refractivity contribution is 0.253. The van der Waals surface area contributed by atoms with E-state index < -0.39 is 0 Å². The maximum absolute atomic E-state index is 2.53. The molecule has 0 amide bonds. The second kappa shape index (κ2) is 4.95. The van der Waals surface area contributed by atoms with Crippen molar-refractivity contribution >= 4 is 0 Å². The van der Waals surface area contributed by atoms with E-state index in [2.05, 4.69) is 66.4 Å². The molecular weight excluding hydrogens is 218 g/mol. The Bertz CT molecular complexity index is 518. The molecule has 1 heterocycles. The third kappa shape index (κ3) is 2.06. The molecule has 0 radical (unpaired) electrons. The fourth-order valence-electron chi connectivity index (χ4n) is 2.89. The number of nitrogens with zero attached hydrogens (tertiary/aromatic N) is 1. The summed E-state index contributed by atoms with van der Waals surface area (Å²) in [6.07, 6.45) is 0. The number of rotatable bonds is 2. The molecule has 18 heavy (non-hydrogen) atoms. The van der Waals surface area contributed by atoms with E-state index in [1.807, 2.05) is 0 Å². The van der Waals surface area contributed by atoms with Crippen LogP contribution in [0.5, 0.6) is 0 Å². The summed E-state index contributed by atoms with van der Waals surface area (Å²) in [5.41, 5.74) is 4.43. The first kappa shape index (κ1) is 11.5. The summed E-state index contributed by atoms with van der Waals surface area (Å²) in [7, 11) is 0. The van der Waals surface area contributed by atoms with Crippen LogP contribution in [0.3, 0.4) is 0 Å². The Balaban J connectivity index is 2.04. The van der Waals surface area contributed by atoms with Crippen molar-refractivity contribution in [1.82, 2.24) is 4.90 Å². The molecule has 0 aliphatic carbocycles. The van der Waals surface area contributed by atoms with Gasteiger partial charge in [-0.25, -0.2) is 0 Å². The van der Waals surface area contributed by atoms with Crippen molar-refractivity contribution in [2.75, 3.05) is 13.1 Å². The van der Waals surface area contributed by atoms with Crippen molar-refractivity contribution in [2.45, 2.75) is 19.4 Å². The molecule has 0 aromatic heterocycles. The van der Waals surface area contributed by atoms with E-state index in [4.69, 9.17) is 0 Å². The lowest BCUT2D eigenvalue weighted by Crippen LogP contribution is -2.33. The molecule has 0 spiro atoms. The van der Waals surface area contributed by atoms with Gasteiger partial charge in [0.1, 0.15) is 0 Å². The molecule has 92 valence electrons. The number of hydrogen-bond acceptors (Lipinski definition) is 1. The maximum atomic E-state index is 2.53. The average molecular weight is 237 g/mol. The third-order valence-electron chi connectivity index (χ3n) is 3.91. The highest BCUT2D eigenvalue weighted by Crippen LogP contribution is 2.32. The van der Waals surface area contributed by atoms with Gasteiger partial charge >= 0.3 is 0 Å². The van der Waals surface area contributed by atoms with E-state index in [-0.39, 0.29) is 0 Å². The van der Waals surface area contributed by atoms with E-state index >= 15 is 0 Å². The van der Waals surface area contributed by atoms with Crippen molar-refractivity contribution in [1.29, 1.82) is 0 Å². The topological polar surface area (TPSA) is 3.24 Å². The Morgan fingerprint density at radius 3 is 2.50 bits per heavy atom. The first-order chi connectivity index (χ1) is 8.88. The van der Waals surface area contributed by atoms with Crippen LogP contribution >= 0.6 is 0 Å². The summed E-state index contributed by atoms with van der Waals surface area (Å²) in [6.45, 7) is 5.60. The summed E-state index contributed by atoms with van der Waals surface area (Å²) < 4.78 is 0. The average Bonchev–Trinajstić information content (AvgIpc) is 2.47. The molecule has 2 aromatic rings. The largest absolute Gasteiger partial charge is 0.298 e. The number of benzene rings is 2.